The van der Waals surface area contributed by atoms with Gasteiger partial charge in [0, 0.05) is 6.08 Å². The SMILES string of the molecule is N#CC=Cc1ccccc1NN. The lowest BCUT2D eigenvalue weighted by molar-refractivity contribution is 1.34. The zero-order chi connectivity index (χ0) is 8.81. The zero-order valence-electron chi connectivity index (χ0n) is 6.49. The lowest BCUT2D eigenvalue weighted by Crippen LogP contribution is -2.07. The highest BCUT2D eigenvalue weighted by molar-refractivity contribution is 5.66. The number of para-hydroxylation sites is 1. The normalized spacial score (nSPS) is 9.67. The van der Waals surface area contributed by atoms with Crippen molar-refractivity contribution < 1.29 is 0 Å². The van der Waals surface area contributed by atoms with Gasteiger partial charge < -0.3 is 5.43 Å². The van der Waals surface area contributed by atoms with Gasteiger partial charge in [0.25, 0.3) is 0 Å². The Balaban J connectivity index is 2.99. The highest BCUT2D eigenvalue weighted by Gasteiger charge is 1.93. The molecule has 0 amide bonds. The quantitative estimate of drug-likeness (QED) is 0.390. The number of hydrogen-bond acceptors (Lipinski definition) is 3. The second-order valence-corrected chi connectivity index (χ2v) is 2.19. The predicted molar refractivity (Wildman–Crippen MR) is 48.9 cm³/mol. The number of nitrogens with zero attached hydrogens (tertiary/aromatic N) is 1. The summed E-state index contributed by atoms with van der Waals surface area (Å²) < 4.78 is 0. The molecule has 0 saturated carbocycles. The lowest BCUT2D eigenvalue weighted by atomic mass is 10.2. The molecule has 0 heterocycles. The van der Waals surface area contributed by atoms with Crippen LogP contribution in [-0.4, -0.2) is 0 Å². The molecule has 0 unspecified atom stereocenters. The number of nitrogens with two attached hydrogens (primary N) is 1. The van der Waals surface area contributed by atoms with Crippen LogP contribution in [-0.2, 0) is 0 Å². The first-order valence-electron chi connectivity index (χ1n) is 3.50. The van der Waals surface area contributed by atoms with Crippen LogP contribution in [0.5, 0.6) is 0 Å². The van der Waals surface area contributed by atoms with E-state index < -0.39 is 0 Å². The zero-order valence-corrected chi connectivity index (χ0v) is 6.49. The Morgan fingerprint density at radius 2 is 2.17 bits per heavy atom. The first-order valence-corrected chi connectivity index (χ1v) is 3.50. The molecule has 3 nitrogen and oxygen atoms in total. The van der Waals surface area contributed by atoms with Crippen LogP contribution in [0.1, 0.15) is 5.56 Å². The number of nitrogens with one attached hydrogen (secondary N) is 1. The first-order chi connectivity index (χ1) is 5.88. The van der Waals surface area contributed by atoms with Crippen LogP contribution in [0.4, 0.5) is 5.69 Å². The van der Waals surface area contributed by atoms with Crippen molar-refractivity contribution in [1.82, 2.24) is 0 Å². The van der Waals surface area contributed by atoms with Gasteiger partial charge >= 0.3 is 0 Å². The average molecular weight is 159 g/mol. The third-order valence-electron chi connectivity index (χ3n) is 1.45. The molecule has 0 saturated heterocycles. The van der Waals surface area contributed by atoms with Crippen molar-refractivity contribution in [3.63, 3.8) is 0 Å². The van der Waals surface area contributed by atoms with Crippen LogP contribution >= 0.6 is 0 Å². The van der Waals surface area contributed by atoms with Gasteiger partial charge in [0.1, 0.15) is 0 Å². The molecule has 3 N–H and O–H groups in total. The predicted octanol–water partition coefficient (Wildman–Crippen LogP) is 1.51. The number of hydrogen-bond donors (Lipinski definition) is 2. The lowest BCUT2D eigenvalue weighted by Gasteiger charge is -2.02. The van der Waals surface area contributed by atoms with Gasteiger partial charge in [-0.2, -0.15) is 5.26 Å². The molecular formula is C9H9N3. The topological polar surface area (TPSA) is 61.8 Å². The van der Waals surface area contributed by atoms with E-state index in [4.69, 9.17) is 11.1 Å². The van der Waals surface area contributed by atoms with Gasteiger partial charge in [-0.1, -0.05) is 18.2 Å². The van der Waals surface area contributed by atoms with E-state index in [1.54, 1.807) is 6.08 Å². The van der Waals surface area contributed by atoms with E-state index in [0.29, 0.717) is 0 Å². The molecule has 0 radical (unpaired) electrons. The third kappa shape index (κ3) is 1.84. The molecule has 0 aliphatic rings. The fourth-order valence-electron chi connectivity index (χ4n) is 0.901. The Hall–Kier alpha value is -1.79. The van der Waals surface area contributed by atoms with Crippen molar-refractivity contribution in [2.24, 2.45) is 5.84 Å². The summed E-state index contributed by atoms with van der Waals surface area (Å²) in [7, 11) is 0. The standard InChI is InChI=1S/C9H9N3/c10-7-3-5-8-4-1-2-6-9(8)12-11/h1-6,12H,11H2. The highest BCUT2D eigenvalue weighted by Crippen LogP contribution is 2.14. The summed E-state index contributed by atoms with van der Waals surface area (Å²) in [6.45, 7) is 0. The highest BCUT2D eigenvalue weighted by atomic mass is 15.2. The van der Waals surface area contributed by atoms with Gasteiger partial charge in [-0.25, -0.2) is 0 Å². The summed E-state index contributed by atoms with van der Waals surface area (Å²) in [6.07, 6.45) is 3.12. The minimum atomic E-state index is 0.809. The van der Waals surface area contributed by atoms with E-state index in [9.17, 15) is 0 Å². The number of rotatable bonds is 2. The van der Waals surface area contributed by atoms with Crippen molar-refractivity contribution in [2.45, 2.75) is 0 Å². The molecule has 0 aliphatic carbocycles. The molecule has 1 rings (SSSR count). The smallest absolute Gasteiger partial charge is 0.0912 e. The molecule has 1 aromatic carbocycles. The van der Waals surface area contributed by atoms with E-state index in [0.717, 1.165) is 11.3 Å². The fraction of sp³-hybridized carbons (Fsp3) is 0. The van der Waals surface area contributed by atoms with E-state index in [-0.39, 0.29) is 0 Å². The monoisotopic (exact) mass is 159 g/mol. The van der Waals surface area contributed by atoms with Crippen molar-refractivity contribution in [3.8, 4) is 6.07 Å². The van der Waals surface area contributed by atoms with Crippen LogP contribution in [0.2, 0.25) is 0 Å². The number of anilines is 1. The summed E-state index contributed by atoms with van der Waals surface area (Å²) in [4.78, 5) is 0. The summed E-state index contributed by atoms with van der Waals surface area (Å²) in [5.41, 5.74) is 4.26. The van der Waals surface area contributed by atoms with Crippen LogP contribution in [0.3, 0.4) is 0 Å². The largest absolute Gasteiger partial charge is 0.324 e. The van der Waals surface area contributed by atoms with Gasteiger partial charge in [-0.3, -0.25) is 5.84 Å². The molecule has 0 aromatic heterocycles. The summed E-state index contributed by atoms with van der Waals surface area (Å²) in [5.74, 6) is 5.26. The summed E-state index contributed by atoms with van der Waals surface area (Å²) >= 11 is 0. The van der Waals surface area contributed by atoms with Gasteiger partial charge in [0.05, 0.1) is 11.8 Å². The molecule has 0 fully saturated rings. The molecule has 0 spiro atoms. The van der Waals surface area contributed by atoms with E-state index >= 15 is 0 Å². The number of hydrazine groups is 1. The second kappa shape index (κ2) is 4.16. The Labute approximate surface area is 71.1 Å². The van der Waals surface area contributed by atoms with Crippen molar-refractivity contribution in [1.29, 1.82) is 5.26 Å². The van der Waals surface area contributed by atoms with Gasteiger partial charge in [-0.05, 0) is 17.7 Å². The third-order valence-corrected chi connectivity index (χ3v) is 1.45. The summed E-state index contributed by atoms with van der Waals surface area (Å²) in [6, 6.07) is 9.40. The fourth-order valence-corrected chi connectivity index (χ4v) is 0.901. The van der Waals surface area contributed by atoms with Crippen molar-refractivity contribution >= 4 is 11.8 Å². The molecule has 60 valence electrons. The van der Waals surface area contributed by atoms with Crippen molar-refractivity contribution in [2.75, 3.05) is 5.43 Å². The number of nitrogen functional groups attached to an aromatic ring is 1. The maximum Gasteiger partial charge on any atom is 0.0912 e. The Bertz CT molecular complexity index is 323. The van der Waals surface area contributed by atoms with E-state index in [1.807, 2.05) is 30.3 Å². The molecule has 0 bridgehead atoms. The molecule has 0 atom stereocenters. The minimum Gasteiger partial charge on any atom is -0.324 e. The minimum absolute atomic E-state index is 0.809. The van der Waals surface area contributed by atoms with Crippen LogP contribution in [0, 0.1) is 11.3 Å². The Kier molecular flexibility index (Phi) is 2.88. The average Bonchev–Trinajstić information content (AvgIpc) is 2.15. The van der Waals surface area contributed by atoms with Crippen LogP contribution in [0.15, 0.2) is 30.3 Å². The Morgan fingerprint density at radius 1 is 1.42 bits per heavy atom. The number of allylic oxidation sites excluding steroid dienone is 1. The number of nitriles is 1. The molecule has 1 aromatic rings. The van der Waals surface area contributed by atoms with Gasteiger partial charge in [0.2, 0.25) is 0 Å². The van der Waals surface area contributed by atoms with Gasteiger partial charge in [0.15, 0.2) is 0 Å². The molecule has 3 heteroatoms. The van der Waals surface area contributed by atoms with Crippen LogP contribution in [0.25, 0.3) is 6.08 Å². The molecule has 12 heavy (non-hydrogen) atoms. The molecule has 0 aliphatic heterocycles. The van der Waals surface area contributed by atoms with Crippen molar-refractivity contribution in [3.05, 3.63) is 35.9 Å². The Morgan fingerprint density at radius 3 is 2.83 bits per heavy atom. The number of benzene rings is 1. The summed E-state index contributed by atoms with van der Waals surface area (Å²) in [5, 5.41) is 8.30. The van der Waals surface area contributed by atoms with Crippen LogP contribution < -0.4 is 11.3 Å². The van der Waals surface area contributed by atoms with E-state index in [2.05, 4.69) is 5.43 Å². The van der Waals surface area contributed by atoms with E-state index in [1.165, 1.54) is 6.08 Å². The molecular weight excluding hydrogens is 150 g/mol. The van der Waals surface area contributed by atoms with Gasteiger partial charge in [-0.15, -0.1) is 0 Å². The second-order valence-electron chi connectivity index (χ2n) is 2.19. The maximum atomic E-state index is 8.30. The first kappa shape index (κ1) is 8.31. The maximum absolute atomic E-state index is 8.30.